The Labute approximate surface area is 75.8 Å². The van der Waals surface area contributed by atoms with Crippen molar-refractivity contribution in [1.82, 2.24) is 10.4 Å². The van der Waals surface area contributed by atoms with Crippen LogP contribution in [-0.4, -0.2) is 31.5 Å². The van der Waals surface area contributed by atoms with E-state index >= 15 is 0 Å². The molecular weight excluding hydrogens is 150 g/mol. The van der Waals surface area contributed by atoms with Gasteiger partial charge in [0.15, 0.2) is 0 Å². The van der Waals surface area contributed by atoms with Crippen LogP contribution >= 0.6 is 0 Å². The van der Waals surface area contributed by atoms with Crippen LogP contribution in [0.25, 0.3) is 0 Å². The maximum atomic E-state index is 3.95. The van der Waals surface area contributed by atoms with Gasteiger partial charge in [-0.15, -0.1) is 0 Å². The average molecular weight is 171 g/mol. The zero-order valence-corrected chi connectivity index (χ0v) is 8.51. The van der Waals surface area contributed by atoms with Gasteiger partial charge in [-0.1, -0.05) is 20.3 Å². The number of aliphatic imine (C=N–C) groups is 1. The third-order valence-electron chi connectivity index (χ3n) is 1.82. The Morgan fingerprint density at radius 2 is 2.17 bits per heavy atom. The van der Waals surface area contributed by atoms with E-state index in [-0.39, 0.29) is 6.17 Å². The first kappa shape index (κ1) is 11.6. The van der Waals surface area contributed by atoms with Crippen molar-refractivity contribution in [3.8, 4) is 0 Å². The monoisotopic (exact) mass is 171 g/mol. The van der Waals surface area contributed by atoms with Gasteiger partial charge in [-0.05, 0) is 19.6 Å². The summed E-state index contributed by atoms with van der Waals surface area (Å²) in [6.07, 6.45) is 3.60. The SMILES string of the molecule is C=NC(CC)NN(C)CCCC. The van der Waals surface area contributed by atoms with Crippen molar-refractivity contribution >= 4 is 6.72 Å². The van der Waals surface area contributed by atoms with Crippen LogP contribution in [0, 0.1) is 0 Å². The van der Waals surface area contributed by atoms with Gasteiger partial charge in [0, 0.05) is 13.6 Å². The second kappa shape index (κ2) is 7.25. The van der Waals surface area contributed by atoms with Crippen LogP contribution in [0.2, 0.25) is 0 Å². The molecule has 1 unspecified atom stereocenters. The molecule has 12 heavy (non-hydrogen) atoms. The minimum Gasteiger partial charge on any atom is -0.281 e. The number of nitrogens with zero attached hydrogens (tertiary/aromatic N) is 2. The summed E-state index contributed by atoms with van der Waals surface area (Å²) >= 11 is 0. The molecule has 0 saturated heterocycles. The van der Waals surface area contributed by atoms with Crippen LogP contribution in [0.1, 0.15) is 33.1 Å². The van der Waals surface area contributed by atoms with Crippen LogP contribution in [0.5, 0.6) is 0 Å². The van der Waals surface area contributed by atoms with Gasteiger partial charge in [0.05, 0.1) is 0 Å². The standard InChI is InChI=1S/C9H21N3/c1-5-7-8-12(4)11-9(6-2)10-3/h9,11H,3,5-8H2,1-2,4H3. The first-order chi connectivity index (χ1) is 5.74. The molecule has 3 nitrogen and oxygen atoms in total. The highest BCUT2D eigenvalue weighted by Gasteiger charge is 2.03. The second-order valence-corrected chi connectivity index (χ2v) is 3.01. The molecule has 0 saturated carbocycles. The summed E-state index contributed by atoms with van der Waals surface area (Å²) in [4.78, 5) is 3.95. The minimum atomic E-state index is 0.173. The fourth-order valence-corrected chi connectivity index (χ4v) is 0.975. The van der Waals surface area contributed by atoms with Crippen molar-refractivity contribution in [2.24, 2.45) is 4.99 Å². The van der Waals surface area contributed by atoms with E-state index in [1.165, 1.54) is 12.8 Å². The van der Waals surface area contributed by atoms with Crippen molar-refractivity contribution in [1.29, 1.82) is 0 Å². The van der Waals surface area contributed by atoms with Gasteiger partial charge < -0.3 is 0 Å². The number of hydrazine groups is 1. The quantitative estimate of drug-likeness (QED) is 0.466. The zero-order chi connectivity index (χ0) is 9.40. The van der Waals surface area contributed by atoms with Gasteiger partial charge in [-0.3, -0.25) is 4.99 Å². The fraction of sp³-hybridized carbons (Fsp3) is 0.889. The van der Waals surface area contributed by atoms with Crippen LogP contribution < -0.4 is 5.43 Å². The molecule has 0 radical (unpaired) electrons. The van der Waals surface area contributed by atoms with E-state index in [9.17, 15) is 0 Å². The van der Waals surface area contributed by atoms with Gasteiger partial charge in [0.2, 0.25) is 0 Å². The highest BCUT2D eigenvalue weighted by atomic mass is 15.5. The zero-order valence-electron chi connectivity index (χ0n) is 8.51. The Hall–Kier alpha value is -0.410. The lowest BCUT2D eigenvalue weighted by molar-refractivity contribution is 0.195. The van der Waals surface area contributed by atoms with Crippen molar-refractivity contribution in [3.63, 3.8) is 0 Å². The third kappa shape index (κ3) is 5.27. The summed E-state index contributed by atoms with van der Waals surface area (Å²) in [7, 11) is 2.05. The highest BCUT2D eigenvalue weighted by Crippen LogP contribution is 1.94. The Bertz CT molecular complexity index is 114. The normalized spacial score (nSPS) is 13.3. The van der Waals surface area contributed by atoms with Crippen LogP contribution in [0.4, 0.5) is 0 Å². The van der Waals surface area contributed by atoms with Crippen LogP contribution in [0.3, 0.4) is 0 Å². The smallest absolute Gasteiger partial charge is 0.111 e. The van der Waals surface area contributed by atoms with E-state index in [0.29, 0.717) is 0 Å². The van der Waals surface area contributed by atoms with Crippen molar-refractivity contribution in [2.75, 3.05) is 13.6 Å². The van der Waals surface area contributed by atoms with E-state index in [0.717, 1.165) is 13.0 Å². The molecule has 3 heteroatoms. The Morgan fingerprint density at radius 3 is 2.58 bits per heavy atom. The van der Waals surface area contributed by atoms with Crippen molar-refractivity contribution < 1.29 is 0 Å². The second-order valence-electron chi connectivity index (χ2n) is 3.01. The number of hydrogen-bond acceptors (Lipinski definition) is 3. The minimum absolute atomic E-state index is 0.173. The van der Waals surface area contributed by atoms with Gasteiger partial charge in [-0.2, -0.15) is 0 Å². The number of nitrogens with one attached hydrogen (secondary N) is 1. The molecule has 0 heterocycles. The first-order valence-corrected chi connectivity index (χ1v) is 4.67. The molecule has 1 atom stereocenters. The van der Waals surface area contributed by atoms with E-state index in [2.05, 4.69) is 36.0 Å². The Morgan fingerprint density at radius 1 is 1.50 bits per heavy atom. The predicted molar refractivity (Wildman–Crippen MR) is 54.3 cm³/mol. The summed E-state index contributed by atoms with van der Waals surface area (Å²) in [5.41, 5.74) is 3.26. The van der Waals surface area contributed by atoms with Gasteiger partial charge in [-0.25, -0.2) is 10.4 Å². The van der Waals surface area contributed by atoms with E-state index in [1.54, 1.807) is 0 Å². The molecule has 72 valence electrons. The molecule has 0 aliphatic rings. The molecule has 0 fully saturated rings. The molecule has 0 spiro atoms. The topological polar surface area (TPSA) is 27.6 Å². The predicted octanol–water partition coefficient (Wildman–Crippen LogP) is 1.66. The summed E-state index contributed by atoms with van der Waals surface area (Å²) in [5.74, 6) is 0. The molecule has 0 amide bonds. The van der Waals surface area contributed by atoms with E-state index in [4.69, 9.17) is 0 Å². The summed E-state index contributed by atoms with van der Waals surface area (Å²) in [5, 5.41) is 2.09. The average Bonchev–Trinajstić information content (AvgIpc) is 2.10. The maximum absolute atomic E-state index is 3.95. The lowest BCUT2D eigenvalue weighted by Crippen LogP contribution is -2.41. The van der Waals surface area contributed by atoms with Crippen molar-refractivity contribution in [3.05, 3.63) is 0 Å². The molecule has 0 aliphatic heterocycles. The lowest BCUT2D eigenvalue weighted by atomic mass is 10.3. The number of rotatable bonds is 7. The molecule has 0 aromatic rings. The largest absolute Gasteiger partial charge is 0.281 e. The third-order valence-corrected chi connectivity index (χ3v) is 1.82. The molecule has 0 aromatic heterocycles. The molecule has 0 aromatic carbocycles. The lowest BCUT2D eigenvalue weighted by Gasteiger charge is -2.21. The molecule has 0 bridgehead atoms. The maximum Gasteiger partial charge on any atom is 0.111 e. The Balaban J connectivity index is 3.51. The Kier molecular flexibility index (Phi) is 7.00. The molecule has 1 N–H and O–H groups in total. The molecular formula is C9H21N3. The highest BCUT2D eigenvalue weighted by molar-refractivity contribution is 5.23. The first-order valence-electron chi connectivity index (χ1n) is 4.67. The molecule has 0 rings (SSSR count). The van der Waals surface area contributed by atoms with Crippen LogP contribution in [0.15, 0.2) is 4.99 Å². The summed E-state index contributed by atoms with van der Waals surface area (Å²) in [6.45, 7) is 8.89. The van der Waals surface area contributed by atoms with Gasteiger partial charge in [0.1, 0.15) is 6.17 Å². The summed E-state index contributed by atoms with van der Waals surface area (Å²) < 4.78 is 0. The molecule has 0 aliphatic carbocycles. The fourth-order valence-electron chi connectivity index (χ4n) is 0.975. The van der Waals surface area contributed by atoms with E-state index in [1.807, 2.05) is 7.05 Å². The van der Waals surface area contributed by atoms with E-state index < -0.39 is 0 Å². The number of hydrogen-bond donors (Lipinski definition) is 1. The summed E-state index contributed by atoms with van der Waals surface area (Å²) in [6, 6.07) is 0. The van der Waals surface area contributed by atoms with Crippen LogP contribution in [-0.2, 0) is 0 Å². The van der Waals surface area contributed by atoms with Gasteiger partial charge >= 0.3 is 0 Å². The van der Waals surface area contributed by atoms with Gasteiger partial charge in [0.25, 0.3) is 0 Å². The van der Waals surface area contributed by atoms with Crippen molar-refractivity contribution in [2.45, 2.75) is 39.3 Å². The number of unbranched alkanes of at least 4 members (excludes halogenated alkanes) is 1.